The summed E-state index contributed by atoms with van der Waals surface area (Å²) in [6, 6.07) is 23.0. The first-order valence-electron chi connectivity index (χ1n) is 23.7. The largest absolute Gasteiger partial charge is 0.573 e. The van der Waals surface area contributed by atoms with Crippen LogP contribution in [-0.2, 0) is 49.7 Å². The van der Waals surface area contributed by atoms with Crippen LogP contribution in [0.3, 0.4) is 0 Å². The second-order valence-electron chi connectivity index (χ2n) is 16.9. The lowest BCUT2D eigenvalue weighted by atomic mass is 10.2. The highest BCUT2D eigenvalue weighted by molar-refractivity contribution is 6.30. The number of aromatic nitrogens is 8. The number of nitrogens with zero attached hydrogens (tertiary/aromatic N) is 8. The van der Waals surface area contributed by atoms with Gasteiger partial charge in [0.1, 0.15) is 23.0 Å². The Morgan fingerprint density at radius 3 is 1.24 bits per heavy atom. The van der Waals surface area contributed by atoms with Crippen LogP contribution in [0.1, 0.15) is 31.4 Å². The zero-order valence-electron chi connectivity index (χ0n) is 42.9. The number of rotatable bonds is 18. The van der Waals surface area contributed by atoms with E-state index in [1.54, 1.807) is 55.5 Å². The minimum absolute atomic E-state index is 0.00691. The predicted molar refractivity (Wildman–Crippen MR) is 278 cm³/mol. The molecule has 0 amide bonds. The first-order chi connectivity index (χ1) is 37.4. The van der Waals surface area contributed by atoms with Crippen molar-refractivity contribution in [3.05, 3.63) is 160 Å². The topological polar surface area (TPSA) is 219 Å². The summed E-state index contributed by atoms with van der Waals surface area (Å²) in [5.41, 5.74) is -1.10. The summed E-state index contributed by atoms with van der Waals surface area (Å²) < 4.78 is 114. The van der Waals surface area contributed by atoms with Gasteiger partial charge in [-0.1, -0.05) is 66.5 Å². The smallest absolute Gasteiger partial charge is 0.425 e. The van der Waals surface area contributed by atoms with Gasteiger partial charge in [-0.2, -0.15) is 9.97 Å². The fourth-order valence-corrected chi connectivity index (χ4v) is 7.94. The van der Waals surface area contributed by atoms with E-state index in [9.17, 15) is 50.6 Å². The van der Waals surface area contributed by atoms with E-state index >= 15 is 0 Å². The Hall–Kier alpha value is -7.62. The van der Waals surface area contributed by atoms with Gasteiger partial charge >= 0.3 is 36.1 Å². The van der Waals surface area contributed by atoms with Crippen LogP contribution in [0.4, 0.5) is 26.3 Å². The van der Waals surface area contributed by atoms with E-state index in [0.717, 1.165) is 43.5 Å². The number of imidazole rings is 2. The van der Waals surface area contributed by atoms with Gasteiger partial charge in [0.2, 0.25) is 0 Å². The first-order valence-corrected chi connectivity index (χ1v) is 24.4. The van der Waals surface area contributed by atoms with Gasteiger partial charge in [0.15, 0.2) is 22.3 Å². The number of fused-ring (bicyclic) bond motifs is 2. The van der Waals surface area contributed by atoms with E-state index in [1.807, 2.05) is 6.92 Å². The van der Waals surface area contributed by atoms with Crippen molar-refractivity contribution < 1.29 is 65.0 Å². The molecular weight excluding hydrogens is 1100 g/mol. The van der Waals surface area contributed by atoms with Crippen molar-refractivity contribution in [3.8, 4) is 35.0 Å². The van der Waals surface area contributed by atoms with Crippen LogP contribution < -0.4 is 41.4 Å². The van der Waals surface area contributed by atoms with Crippen molar-refractivity contribution in [2.75, 3.05) is 27.4 Å². The van der Waals surface area contributed by atoms with Crippen molar-refractivity contribution in [2.24, 2.45) is 14.1 Å². The van der Waals surface area contributed by atoms with Crippen LogP contribution in [0.25, 0.3) is 22.3 Å². The maximum atomic E-state index is 13.6. The Bertz CT molecular complexity index is 3370. The number of hydrogen-bond donors (Lipinski definition) is 2. The Morgan fingerprint density at radius 2 is 0.911 bits per heavy atom. The zero-order chi connectivity index (χ0) is 57.9. The fraction of sp³-hybridized carbons (Fsp3) is 0.333. The molecule has 4 heterocycles. The molecule has 20 nitrogen and oxygen atoms in total. The molecule has 0 aliphatic heterocycles. The van der Waals surface area contributed by atoms with Crippen molar-refractivity contribution in [1.82, 2.24) is 37.4 Å². The van der Waals surface area contributed by atoms with Gasteiger partial charge in [-0.25, -0.2) is 9.59 Å². The number of aliphatic hydroxyl groups excluding tert-OH is 2. The number of methoxy groups -OCH3 is 2. The molecule has 2 atom stereocenters. The molecule has 4 aromatic heterocycles. The Balaban J connectivity index is 0.000000243. The maximum absolute atomic E-state index is 13.6. The van der Waals surface area contributed by atoms with Gasteiger partial charge in [0.05, 0.1) is 45.0 Å². The molecule has 0 saturated carbocycles. The summed E-state index contributed by atoms with van der Waals surface area (Å²) >= 11 is 12.0. The second-order valence-corrected chi connectivity index (χ2v) is 17.8. The van der Waals surface area contributed by atoms with E-state index in [2.05, 4.69) is 19.4 Å². The molecule has 0 aliphatic rings. The van der Waals surface area contributed by atoms with Gasteiger partial charge in [-0.3, -0.25) is 37.0 Å². The molecule has 0 fully saturated rings. The summed E-state index contributed by atoms with van der Waals surface area (Å²) in [5, 5.41) is 18.1. The molecule has 8 rings (SSSR count). The predicted octanol–water partition coefficient (Wildman–Crippen LogP) is 8.01. The number of alkyl halides is 6. The average Bonchev–Trinajstić information content (AvgIpc) is 4.15. The van der Waals surface area contributed by atoms with E-state index in [0.29, 0.717) is 22.0 Å². The van der Waals surface area contributed by atoms with E-state index < -0.39 is 59.4 Å². The molecule has 79 heavy (non-hydrogen) atoms. The number of ether oxygens (including phenoxy) is 6. The summed E-state index contributed by atoms with van der Waals surface area (Å²) in [5.74, 6) is -1.07. The molecule has 2 unspecified atom stereocenters. The monoisotopic (exact) mass is 1150 g/mol. The number of aliphatic hydroxyl groups is 2. The van der Waals surface area contributed by atoms with Crippen molar-refractivity contribution >= 4 is 45.5 Å². The van der Waals surface area contributed by atoms with Crippen LogP contribution in [0.5, 0.6) is 35.0 Å². The zero-order valence-corrected chi connectivity index (χ0v) is 44.4. The average molecular weight is 1150 g/mol. The highest BCUT2D eigenvalue weighted by atomic mass is 35.5. The Labute approximate surface area is 454 Å². The summed E-state index contributed by atoms with van der Waals surface area (Å²) in [6.45, 7) is 3.30. The van der Waals surface area contributed by atoms with Gasteiger partial charge in [-0.15, -0.1) is 26.3 Å². The van der Waals surface area contributed by atoms with Crippen LogP contribution in [0, 0.1) is 0 Å². The minimum atomic E-state index is -4.90. The third-order valence-electron chi connectivity index (χ3n) is 11.5. The van der Waals surface area contributed by atoms with Crippen LogP contribution in [0.2, 0.25) is 10.0 Å². The van der Waals surface area contributed by atoms with Crippen LogP contribution in [-0.4, -0.2) is 99.9 Å². The minimum Gasteiger partial charge on any atom is -0.425 e. The molecule has 0 aliphatic carbocycles. The third-order valence-corrected chi connectivity index (χ3v) is 12.0. The molecule has 0 saturated heterocycles. The normalized spacial score (nSPS) is 12.4. The van der Waals surface area contributed by atoms with E-state index in [4.69, 9.17) is 47.3 Å². The van der Waals surface area contributed by atoms with Crippen molar-refractivity contribution in [2.45, 2.75) is 71.4 Å². The number of hydrogen-bond acceptors (Lipinski definition) is 14. The molecule has 0 spiro atoms. The Kier molecular flexibility index (Phi) is 20.2. The van der Waals surface area contributed by atoms with Crippen LogP contribution >= 0.6 is 23.2 Å². The molecule has 28 heteroatoms. The molecular formula is C51H52Cl2F6N8O12. The number of benzene rings is 4. The fourth-order valence-electron chi connectivity index (χ4n) is 7.68. The maximum Gasteiger partial charge on any atom is 0.573 e. The highest BCUT2D eigenvalue weighted by Crippen LogP contribution is 2.32. The lowest BCUT2D eigenvalue weighted by Crippen LogP contribution is -2.43. The van der Waals surface area contributed by atoms with Gasteiger partial charge in [-0.05, 0) is 73.0 Å². The van der Waals surface area contributed by atoms with Gasteiger partial charge in [0.25, 0.3) is 11.1 Å². The van der Waals surface area contributed by atoms with Crippen LogP contribution in [0.15, 0.2) is 116 Å². The van der Waals surface area contributed by atoms with Crippen molar-refractivity contribution in [3.63, 3.8) is 0 Å². The molecule has 4 aromatic carbocycles. The summed E-state index contributed by atoms with van der Waals surface area (Å²) in [7, 11) is 5.70. The van der Waals surface area contributed by atoms with E-state index in [1.165, 1.54) is 66.3 Å². The first kappa shape index (κ1) is 60.6. The number of aryl methyl sites for hydroxylation is 2. The number of halogens is 8. The summed E-state index contributed by atoms with van der Waals surface area (Å²) in [4.78, 5) is 61.9. The van der Waals surface area contributed by atoms with Crippen molar-refractivity contribution in [1.29, 1.82) is 0 Å². The molecule has 2 N–H and O–H groups in total. The standard InChI is InChI=1S/C25H24ClF3N4O5.C24H22ClF3N4O6.C2H6O/c1-4-17(36-3)14-33-22(34)20-21(31(2)24(33)35)30-23(32(20)13-15-8-10-16(26)11-9-15)37-18-6-5-7-19(12-18)38-25(27,28)29;1-30-20-19(21(34)32(23(30)35)12-18(13-33)36-2)31(11-14-6-8-15(25)9-7-14)22(29-20)37-16-4-3-5-17(10-16)38-24(26,27)28;1-2-3/h5-12,17H,4,13-14H2,1-3H3;3-10,18,33H,11-13H2,1-2H3;3H,2H2,1H3. The Morgan fingerprint density at radius 1 is 0.557 bits per heavy atom. The van der Waals surface area contributed by atoms with Gasteiger partial charge < -0.3 is 38.6 Å². The highest BCUT2D eigenvalue weighted by Gasteiger charge is 2.33. The van der Waals surface area contributed by atoms with Gasteiger partial charge in [0, 0.05) is 57.1 Å². The third kappa shape index (κ3) is 15.4. The molecule has 8 aromatic rings. The van der Waals surface area contributed by atoms with E-state index in [-0.39, 0.29) is 84.7 Å². The lowest BCUT2D eigenvalue weighted by molar-refractivity contribution is -0.275. The summed E-state index contributed by atoms with van der Waals surface area (Å²) in [6.07, 6.45) is -10.4. The molecule has 424 valence electrons. The second kappa shape index (κ2) is 26.4. The molecule has 0 radical (unpaired) electrons. The quantitative estimate of drug-likeness (QED) is 0.0778. The SMILES string of the molecule is CCC(Cn1c(=O)c2c(nc(Oc3cccc(OC(F)(F)F)c3)n2Cc2ccc(Cl)cc2)n(C)c1=O)OC.CCO.COC(CO)Cn1c(=O)c2c(nc(Oc3cccc(OC(F)(F)F)c3)n2Cc2ccc(Cl)cc2)n(C)c1=O. The molecule has 0 bridgehead atoms. The lowest BCUT2D eigenvalue weighted by Gasteiger charge is -2.15.